The summed E-state index contributed by atoms with van der Waals surface area (Å²) in [6.45, 7) is 5.79. The molecule has 1 fully saturated rings. The van der Waals surface area contributed by atoms with Gasteiger partial charge in [-0.05, 0) is 31.4 Å². The lowest BCUT2D eigenvalue weighted by molar-refractivity contribution is -0.141. The first-order valence-electron chi connectivity index (χ1n) is 10.6. The fraction of sp³-hybridized carbons (Fsp3) is 0.435. The minimum absolute atomic E-state index is 0.140. The van der Waals surface area contributed by atoms with Gasteiger partial charge in [0.2, 0.25) is 0 Å². The highest BCUT2D eigenvalue weighted by molar-refractivity contribution is 5.96. The molecule has 0 spiro atoms. The molecule has 3 aromatic rings. The Hall–Kier alpha value is -2.94. The summed E-state index contributed by atoms with van der Waals surface area (Å²) >= 11 is 0. The molecular formula is C23H24F3N3O3. The molecule has 2 atom stereocenters. The summed E-state index contributed by atoms with van der Waals surface area (Å²) in [6.07, 6.45) is -0.0905. The lowest BCUT2D eigenvalue weighted by Gasteiger charge is -2.14. The Morgan fingerprint density at radius 3 is 2.81 bits per heavy atom. The first-order valence-corrected chi connectivity index (χ1v) is 10.6. The van der Waals surface area contributed by atoms with Crippen LogP contribution in [0.2, 0.25) is 0 Å². The summed E-state index contributed by atoms with van der Waals surface area (Å²) in [5, 5.41) is 0. The first kappa shape index (κ1) is 22.3. The van der Waals surface area contributed by atoms with Crippen LogP contribution < -0.4 is 4.74 Å². The minimum Gasteiger partial charge on any atom is -0.493 e. The molecule has 170 valence electrons. The maximum Gasteiger partial charge on any atom is 0.433 e. The van der Waals surface area contributed by atoms with E-state index in [-0.39, 0.29) is 18.0 Å². The number of hydrogen-bond donors (Lipinski definition) is 0. The number of fused-ring (bicyclic) bond motifs is 1. The summed E-state index contributed by atoms with van der Waals surface area (Å²) in [7, 11) is 0. The fourth-order valence-electron chi connectivity index (χ4n) is 3.92. The number of carbonyl (C=O) groups is 1. The number of pyridine rings is 2. The molecule has 6 nitrogen and oxygen atoms in total. The summed E-state index contributed by atoms with van der Waals surface area (Å²) in [6, 6.07) is 5.08. The molecule has 32 heavy (non-hydrogen) atoms. The van der Waals surface area contributed by atoms with Crippen molar-refractivity contribution in [1.29, 1.82) is 0 Å². The third-order valence-corrected chi connectivity index (χ3v) is 5.77. The van der Waals surface area contributed by atoms with Crippen LogP contribution in [0, 0.1) is 5.92 Å². The number of halogens is 3. The van der Waals surface area contributed by atoms with Crippen LogP contribution >= 0.6 is 0 Å². The van der Waals surface area contributed by atoms with Crippen LogP contribution in [-0.2, 0) is 17.3 Å². The lowest BCUT2D eigenvalue weighted by atomic mass is 9.91. The van der Waals surface area contributed by atoms with Gasteiger partial charge in [-0.25, -0.2) is 9.97 Å². The lowest BCUT2D eigenvalue weighted by Crippen LogP contribution is -2.13. The van der Waals surface area contributed by atoms with Gasteiger partial charge in [-0.15, -0.1) is 0 Å². The average molecular weight is 447 g/mol. The van der Waals surface area contributed by atoms with Crippen molar-refractivity contribution in [3.8, 4) is 5.75 Å². The summed E-state index contributed by atoms with van der Waals surface area (Å²) in [4.78, 5) is 21.0. The number of carbonyl (C=O) groups excluding carboxylic acids is 1. The summed E-state index contributed by atoms with van der Waals surface area (Å²) in [5.74, 6) is 0.578. The van der Waals surface area contributed by atoms with Gasteiger partial charge in [-0.1, -0.05) is 13.0 Å². The number of imidazole rings is 1. The van der Waals surface area contributed by atoms with E-state index in [4.69, 9.17) is 14.5 Å². The predicted molar refractivity (Wildman–Crippen MR) is 111 cm³/mol. The molecule has 4 rings (SSSR count). The average Bonchev–Trinajstić information content (AvgIpc) is 3.43. The van der Waals surface area contributed by atoms with Crippen molar-refractivity contribution >= 4 is 11.4 Å². The fourth-order valence-corrected chi connectivity index (χ4v) is 3.92. The number of alkyl halides is 3. The van der Waals surface area contributed by atoms with Crippen molar-refractivity contribution in [1.82, 2.24) is 14.4 Å². The van der Waals surface area contributed by atoms with E-state index in [0.717, 1.165) is 24.8 Å². The van der Waals surface area contributed by atoms with E-state index in [1.165, 1.54) is 12.1 Å². The number of aromatic nitrogens is 3. The van der Waals surface area contributed by atoms with Crippen molar-refractivity contribution in [3.05, 3.63) is 59.3 Å². The molecule has 1 aliphatic rings. The van der Waals surface area contributed by atoms with Gasteiger partial charge in [0.15, 0.2) is 5.78 Å². The zero-order valence-electron chi connectivity index (χ0n) is 17.9. The SMILES string of the molecule is CCOc1cc2nc(C(C)[C@H]3CCOC3)cn2cc1CC(=O)c1cccc(C(F)(F)F)n1. The standard InChI is InChI=1S/C23H24F3N3O3/c1-3-32-20-10-22-28-18(14(2)15-7-8-31-13-15)12-29(22)11-16(20)9-19(30)17-5-4-6-21(27-17)23(24,25)26/h4-6,10-12,14-15H,3,7-9,13H2,1-2H3/t14?,15-/m0/s1. The van der Waals surface area contributed by atoms with Gasteiger partial charge in [0, 0.05) is 43.0 Å². The highest BCUT2D eigenvalue weighted by Crippen LogP contribution is 2.32. The van der Waals surface area contributed by atoms with E-state index < -0.39 is 17.7 Å². The third-order valence-electron chi connectivity index (χ3n) is 5.77. The highest BCUT2D eigenvalue weighted by atomic mass is 19.4. The second kappa shape index (κ2) is 8.90. The van der Waals surface area contributed by atoms with Crippen LogP contribution in [0.4, 0.5) is 13.2 Å². The van der Waals surface area contributed by atoms with Crippen LogP contribution in [0.1, 0.15) is 53.6 Å². The van der Waals surface area contributed by atoms with Crippen LogP contribution in [-0.4, -0.2) is 40.0 Å². The van der Waals surface area contributed by atoms with Gasteiger partial charge in [-0.2, -0.15) is 13.2 Å². The maximum absolute atomic E-state index is 13.0. The second-order valence-corrected chi connectivity index (χ2v) is 7.95. The van der Waals surface area contributed by atoms with Crippen molar-refractivity contribution in [2.24, 2.45) is 5.92 Å². The Morgan fingerprint density at radius 2 is 2.12 bits per heavy atom. The van der Waals surface area contributed by atoms with Crippen molar-refractivity contribution in [2.75, 3.05) is 19.8 Å². The normalized spacial score (nSPS) is 17.6. The van der Waals surface area contributed by atoms with E-state index in [0.29, 0.717) is 36.1 Å². The zero-order valence-corrected chi connectivity index (χ0v) is 17.9. The molecular weight excluding hydrogens is 423 g/mol. The number of ether oxygens (including phenoxy) is 2. The summed E-state index contributed by atoms with van der Waals surface area (Å²) in [5.41, 5.74) is 0.842. The van der Waals surface area contributed by atoms with Crippen LogP contribution in [0.5, 0.6) is 5.75 Å². The number of nitrogens with zero attached hydrogens (tertiary/aromatic N) is 3. The molecule has 0 amide bonds. The molecule has 9 heteroatoms. The molecule has 0 bridgehead atoms. The number of Topliss-reactive ketones (excluding diaryl/α,β-unsaturated/α-hetero) is 1. The Balaban J connectivity index is 1.63. The Morgan fingerprint density at radius 1 is 1.31 bits per heavy atom. The Labute approximate surface area is 183 Å². The highest BCUT2D eigenvalue weighted by Gasteiger charge is 2.33. The zero-order chi connectivity index (χ0) is 22.9. The van der Waals surface area contributed by atoms with Gasteiger partial charge in [-0.3, -0.25) is 4.79 Å². The van der Waals surface area contributed by atoms with Gasteiger partial charge in [0.1, 0.15) is 22.8 Å². The minimum atomic E-state index is -4.61. The van der Waals surface area contributed by atoms with Crippen LogP contribution in [0.25, 0.3) is 5.65 Å². The molecule has 0 saturated carbocycles. The largest absolute Gasteiger partial charge is 0.493 e. The third kappa shape index (κ3) is 4.62. The van der Waals surface area contributed by atoms with E-state index in [9.17, 15) is 18.0 Å². The Kier molecular flexibility index (Phi) is 6.19. The molecule has 1 unspecified atom stereocenters. The summed E-state index contributed by atoms with van der Waals surface area (Å²) < 4.78 is 51.9. The van der Waals surface area contributed by atoms with Crippen LogP contribution in [0.3, 0.4) is 0 Å². The maximum atomic E-state index is 13.0. The predicted octanol–water partition coefficient (Wildman–Crippen LogP) is 4.71. The molecule has 0 N–H and O–H groups in total. The smallest absolute Gasteiger partial charge is 0.433 e. The van der Waals surface area contributed by atoms with Gasteiger partial charge in [0.05, 0.1) is 18.9 Å². The number of rotatable bonds is 7. The van der Waals surface area contributed by atoms with Crippen molar-refractivity contribution in [2.45, 2.75) is 38.8 Å². The quantitative estimate of drug-likeness (QED) is 0.491. The van der Waals surface area contributed by atoms with Crippen molar-refractivity contribution < 1.29 is 27.4 Å². The van der Waals surface area contributed by atoms with Gasteiger partial charge in [0.25, 0.3) is 0 Å². The molecule has 4 heterocycles. The molecule has 1 aliphatic heterocycles. The topological polar surface area (TPSA) is 65.7 Å². The Bertz CT molecular complexity index is 1120. The monoisotopic (exact) mass is 447 g/mol. The molecule has 3 aromatic heterocycles. The molecule has 1 saturated heterocycles. The van der Waals surface area contributed by atoms with E-state index in [1.54, 1.807) is 12.3 Å². The number of ketones is 1. The van der Waals surface area contributed by atoms with E-state index >= 15 is 0 Å². The molecule has 0 radical (unpaired) electrons. The van der Waals surface area contributed by atoms with E-state index in [1.807, 2.05) is 17.5 Å². The van der Waals surface area contributed by atoms with Crippen molar-refractivity contribution in [3.63, 3.8) is 0 Å². The van der Waals surface area contributed by atoms with Crippen LogP contribution in [0.15, 0.2) is 36.7 Å². The second-order valence-electron chi connectivity index (χ2n) is 7.95. The molecule has 0 aromatic carbocycles. The molecule has 0 aliphatic carbocycles. The first-order chi connectivity index (χ1) is 15.3. The van der Waals surface area contributed by atoms with Gasteiger partial charge >= 0.3 is 6.18 Å². The number of hydrogen-bond acceptors (Lipinski definition) is 5. The van der Waals surface area contributed by atoms with Gasteiger partial charge < -0.3 is 13.9 Å². The van der Waals surface area contributed by atoms with E-state index in [2.05, 4.69) is 11.9 Å².